The molecule has 2 aromatic heterocycles. The fourth-order valence-corrected chi connectivity index (χ4v) is 4.91. The van der Waals surface area contributed by atoms with Crippen LogP contribution >= 0.6 is 23.2 Å². The van der Waals surface area contributed by atoms with Crippen LogP contribution < -0.4 is 16.0 Å². The highest BCUT2D eigenvalue weighted by Gasteiger charge is 2.22. The molecule has 5 rings (SSSR count). The van der Waals surface area contributed by atoms with E-state index in [0.717, 1.165) is 35.0 Å². The second kappa shape index (κ2) is 13.2. The zero-order valence-electron chi connectivity index (χ0n) is 23.0. The first-order valence-corrected chi connectivity index (χ1v) is 14.3. The van der Waals surface area contributed by atoms with Gasteiger partial charge in [-0.25, -0.2) is 4.79 Å². The van der Waals surface area contributed by atoms with Crippen molar-refractivity contribution in [3.8, 4) is 11.8 Å². The highest BCUT2D eigenvalue weighted by atomic mass is 35.5. The van der Waals surface area contributed by atoms with Crippen LogP contribution in [0.3, 0.4) is 0 Å². The van der Waals surface area contributed by atoms with Crippen LogP contribution in [0.4, 0.5) is 0 Å². The van der Waals surface area contributed by atoms with E-state index in [2.05, 4.69) is 4.98 Å². The standard InChI is InChI=1S/C29H32Cl2N4O6/c1-19-17-22(10-11-23(19)31)41-28-32-26-25(35(28)18-20-6-8-21(30)9-7-20)27(36)34(29(37)33(26)2)12-14-38-15-16-40-24-5-3-4-13-39-24/h6-11,17,24H,3-5,12-16,18H2,1-2H3. The highest BCUT2D eigenvalue weighted by Crippen LogP contribution is 2.28. The maximum atomic E-state index is 13.8. The fourth-order valence-electron chi connectivity index (χ4n) is 4.67. The molecule has 0 N–H and O–H groups in total. The van der Waals surface area contributed by atoms with E-state index in [-0.39, 0.29) is 43.2 Å². The summed E-state index contributed by atoms with van der Waals surface area (Å²) in [6.07, 6.45) is 2.82. The summed E-state index contributed by atoms with van der Waals surface area (Å²) in [5.74, 6) is 0.499. The van der Waals surface area contributed by atoms with E-state index >= 15 is 0 Å². The number of imidazole rings is 1. The van der Waals surface area contributed by atoms with E-state index in [1.165, 1.54) is 4.57 Å². The quantitative estimate of drug-likeness (QED) is 0.225. The van der Waals surface area contributed by atoms with Crippen molar-refractivity contribution in [2.45, 2.75) is 45.6 Å². The highest BCUT2D eigenvalue weighted by molar-refractivity contribution is 6.31. The Morgan fingerprint density at radius 2 is 1.83 bits per heavy atom. The van der Waals surface area contributed by atoms with Gasteiger partial charge < -0.3 is 18.9 Å². The third kappa shape index (κ3) is 6.85. The Balaban J connectivity index is 1.42. The van der Waals surface area contributed by atoms with Crippen LogP contribution in [-0.4, -0.2) is 51.4 Å². The van der Waals surface area contributed by atoms with Gasteiger partial charge in [0.15, 0.2) is 17.5 Å². The molecule has 2 aromatic carbocycles. The first-order chi connectivity index (χ1) is 19.8. The van der Waals surface area contributed by atoms with E-state index in [9.17, 15) is 9.59 Å². The Hall–Kier alpha value is -3.15. The van der Waals surface area contributed by atoms with Crippen molar-refractivity contribution < 1.29 is 18.9 Å². The average molecular weight is 604 g/mol. The summed E-state index contributed by atoms with van der Waals surface area (Å²) in [6, 6.07) is 12.7. The lowest BCUT2D eigenvalue weighted by Gasteiger charge is -2.22. The summed E-state index contributed by atoms with van der Waals surface area (Å²) in [5, 5.41) is 1.20. The third-order valence-electron chi connectivity index (χ3n) is 6.92. The molecule has 0 bridgehead atoms. The summed E-state index contributed by atoms with van der Waals surface area (Å²) in [6.45, 7) is 3.76. The van der Waals surface area contributed by atoms with Gasteiger partial charge in [-0.3, -0.25) is 18.5 Å². The molecule has 0 saturated carbocycles. The summed E-state index contributed by atoms with van der Waals surface area (Å²) in [5.41, 5.74) is 1.17. The van der Waals surface area contributed by atoms with Gasteiger partial charge in [-0.15, -0.1) is 0 Å². The molecule has 1 fully saturated rings. The number of nitrogens with zero attached hydrogens (tertiary/aromatic N) is 4. The molecule has 0 radical (unpaired) electrons. The number of fused-ring (bicyclic) bond motifs is 1. The molecule has 0 spiro atoms. The first-order valence-electron chi connectivity index (χ1n) is 13.5. The minimum absolute atomic E-state index is 0.0695. The minimum atomic E-state index is -0.497. The van der Waals surface area contributed by atoms with Crippen molar-refractivity contribution in [2.24, 2.45) is 7.05 Å². The van der Waals surface area contributed by atoms with Crippen LogP contribution in [0, 0.1) is 6.92 Å². The van der Waals surface area contributed by atoms with Crippen molar-refractivity contribution in [3.05, 3.63) is 84.5 Å². The first kappa shape index (κ1) is 29.3. The number of ether oxygens (including phenoxy) is 4. The van der Waals surface area contributed by atoms with E-state index < -0.39 is 11.2 Å². The molecular weight excluding hydrogens is 571 g/mol. The molecule has 1 atom stereocenters. The topological polar surface area (TPSA) is 98.7 Å². The number of rotatable bonds is 11. The summed E-state index contributed by atoms with van der Waals surface area (Å²) in [4.78, 5) is 31.5. The van der Waals surface area contributed by atoms with Gasteiger partial charge in [0, 0.05) is 23.7 Å². The molecule has 12 heteroatoms. The van der Waals surface area contributed by atoms with Gasteiger partial charge >= 0.3 is 11.7 Å². The molecule has 218 valence electrons. The van der Waals surface area contributed by atoms with Crippen LogP contribution in [-0.2, 0) is 34.3 Å². The van der Waals surface area contributed by atoms with Crippen LogP contribution in [0.1, 0.15) is 30.4 Å². The lowest BCUT2D eigenvalue weighted by atomic mass is 10.2. The lowest BCUT2D eigenvalue weighted by Crippen LogP contribution is -2.40. The maximum Gasteiger partial charge on any atom is 0.332 e. The molecule has 0 aliphatic carbocycles. The smallest absolute Gasteiger partial charge is 0.332 e. The van der Waals surface area contributed by atoms with Crippen LogP contribution in [0.5, 0.6) is 11.8 Å². The van der Waals surface area contributed by atoms with Gasteiger partial charge in [-0.1, -0.05) is 35.3 Å². The average Bonchev–Trinajstić information content (AvgIpc) is 3.32. The van der Waals surface area contributed by atoms with E-state index in [0.29, 0.717) is 35.6 Å². The summed E-state index contributed by atoms with van der Waals surface area (Å²) in [7, 11) is 1.58. The summed E-state index contributed by atoms with van der Waals surface area (Å²) < 4.78 is 27.2. The predicted molar refractivity (Wildman–Crippen MR) is 156 cm³/mol. The fraction of sp³-hybridized carbons (Fsp3) is 0.414. The van der Waals surface area contributed by atoms with Gasteiger partial charge in [0.1, 0.15) is 5.75 Å². The largest absolute Gasteiger partial charge is 0.425 e. The Kier molecular flexibility index (Phi) is 9.46. The van der Waals surface area contributed by atoms with Gasteiger partial charge in [0.05, 0.1) is 32.9 Å². The number of aryl methyl sites for hydroxylation is 2. The van der Waals surface area contributed by atoms with Gasteiger partial charge in [-0.05, 0) is 67.6 Å². The molecule has 1 saturated heterocycles. The summed E-state index contributed by atoms with van der Waals surface area (Å²) >= 11 is 12.3. The molecule has 1 aliphatic rings. The molecule has 3 heterocycles. The molecule has 0 amide bonds. The Bertz CT molecular complexity index is 1620. The molecule has 1 aliphatic heterocycles. The van der Waals surface area contributed by atoms with Crippen molar-refractivity contribution in [1.29, 1.82) is 0 Å². The van der Waals surface area contributed by atoms with Crippen molar-refractivity contribution in [2.75, 3.05) is 26.4 Å². The molecule has 1 unspecified atom stereocenters. The zero-order chi connectivity index (χ0) is 28.9. The van der Waals surface area contributed by atoms with Crippen molar-refractivity contribution in [1.82, 2.24) is 18.7 Å². The second-order valence-electron chi connectivity index (χ2n) is 9.87. The van der Waals surface area contributed by atoms with Crippen molar-refractivity contribution in [3.63, 3.8) is 0 Å². The van der Waals surface area contributed by atoms with E-state index in [1.54, 1.807) is 41.9 Å². The van der Waals surface area contributed by atoms with Gasteiger partial charge in [0.25, 0.3) is 5.56 Å². The van der Waals surface area contributed by atoms with Crippen molar-refractivity contribution >= 4 is 34.4 Å². The van der Waals surface area contributed by atoms with Crippen LogP contribution in [0.15, 0.2) is 52.1 Å². The molecular formula is C29H32Cl2N4O6. The second-order valence-corrected chi connectivity index (χ2v) is 10.7. The Labute approximate surface area is 246 Å². The number of halogens is 2. The molecule has 4 aromatic rings. The van der Waals surface area contributed by atoms with E-state index in [1.807, 2.05) is 19.1 Å². The minimum Gasteiger partial charge on any atom is -0.425 e. The number of benzene rings is 2. The van der Waals surface area contributed by atoms with Gasteiger partial charge in [-0.2, -0.15) is 4.98 Å². The normalized spacial score (nSPS) is 15.5. The number of aromatic nitrogens is 4. The lowest BCUT2D eigenvalue weighted by molar-refractivity contribution is -0.169. The van der Waals surface area contributed by atoms with E-state index in [4.69, 9.17) is 42.1 Å². The zero-order valence-corrected chi connectivity index (χ0v) is 24.5. The Morgan fingerprint density at radius 3 is 2.56 bits per heavy atom. The molecule has 41 heavy (non-hydrogen) atoms. The van der Waals surface area contributed by atoms with Crippen LogP contribution in [0.2, 0.25) is 10.0 Å². The van der Waals surface area contributed by atoms with Crippen LogP contribution in [0.25, 0.3) is 11.2 Å². The Morgan fingerprint density at radius 1 is 1.02 bits per heavy atom. The van der Waals surface area contributed by atoms with Gasteiger partial charge in [0.2, 0.25) is 0 Å². The monoisotopic (exact) mass is 602 g/mol. The number of hydrogen-bond donors (Lipinski definition) is 0. The predicted octanol–water partition coefficient (Wildman–Crippen LogP) is 4.91. The third-order valence-corrected chi connectivity index (χ3v) is 7.59. The SMILES string of the molecule is Cc1cc(Oc2nc3c(c(=O)n(CCOCCOC4CCCCO4)c(=O)n3C)n2Cc2ccc(Cl)cc2)ccc1Cl. The molecule has 10 nitrogen and oxygen atoms in total. The number of hydrogen-bond acceptors (Lipinski definition) is 7. The maximum absolute atomic E-state index is 13.8.